The number of aryl methyl sites for hydroxylation is 2. The molecule has 5 heteroatoms. The molecule has 3 rings (SSSR count). The van der Waals surface area contributed by atoms with Gasteiger partial charge in [0.2, 0.25) is 0 Å². The quantitative estimate of drug-likeness (QED) is 0.881. The molecule has 2 aromatic rings. The number of nitrogens with zero attached hydrogens (tertiary/aromatic N) is 1. The fourth-order valence-corrected chi connectivity index (χ4v) is 3.13. The van der Waals surface area contributed by atoms with Gasteiger partial charge in [0, 0.05) is 26.2 Å². The molecule has 0 spiro atoms. The number of morpholine rings is 1. The average Bonchev–Trinajstić information content (AvgIpc) is 3.00. The minimum atomic E-state index is -0.187. The zero-order valence-corrected chi connectivity index (χ0v) is 14.3. The Bertz CT molecular complexity index is 665. The highest BCUT2D eigenvalue weighted by Crippen LogP contribution is 2.23. The van der Waals surface area contributed by atoms with Crippen molar-refractivity contribution in [3.05, 3.63) is 58.8 Å². The normalized spacial score (nSPS) is 17.1. The summed E-state index contributed by atoms with van der Waals surface area (Å²) in [7, 11) is 0. The van der Waals surface area contributed by atoms with Crippen molar-refractivity contribution >= 4 is 0 Å². The number of benzene rings is 1. The molecule has 1 aliphatic rings. The van der Waals surface area contributed by atoms with Crippen molar-refractivity contribution in [2.24, 2.45) is 0 Å². The van der Waals surface area contributed by atoms with Gasteiger partial charge in [-0.05, 0) is 49.2 Å². The summed E-state index contributed by atoms with van der Waals surface area (Å²) in [5.74, 6) is 1.73. The molecule has 1 fully saturated rings. The van der Waals surface area contributed by atoms with E-state index in [4.69, 9.17) is 9.15 Å². The number of rotatable bonds is 6. The predicted octanol–water partition coefficient (Wildman–Crippen LogP) is 3.20. The average molecular weight is 332 g/mol. The molecule has 1 unspecified atom stereocenters. The van der Waals surface area contributed by atoms with Gasteiger partial charge < -0.3 is 14.5 Å². The lowest BCUT2D eigenvalue weighted by atomic mass is 10.1. The van der Waals surface area contributed by atoms with Crippen molar-refractivity contribution in [2.45, 2.75) is 26.4 Å². The largest absolute Gasteiger partial charge is 0.465 e. The minimum absolute atomic E-state index is 0.184. The van der Waals surface area contributed by atoms with Crippen LogP contribution in [0.15, 0.2) is 34.7 Å². The van der Waals surface area contributed by atoms with Gasteiger partial charge in [0.25, 0.3) is 0 Å². The SMILES string of the molecule is Cc1ccc(C(CNCc2ccc(F)cc2C)N2CCOCC2)o1. The fourth-order valence-electron chi connectivity index (χ4n) is 3.13. The van der Waals surface area contributed by atoms with Crippen LogP contribution >= 0.6 is 0 Å². The second-order valence-electron chi connectivity index (χ2n) is 6.31. The van der Waals surface area contributed by atoms with E-state index in [0.717, 1.165) is 55.5 Å². The Labute approximate surface area is 142 Å². The van der Waals surface area contributed by atoms with Crippen molar-refractivity contribution < 1.29 is 13.5 Å². The predicted molar refractivity (Wildman–Crippen MR) is 91.4 cm³/mol. The van der Waals surface area contributed by atoms with Crippen LogP contribution in [0, 0.1) is 19.7 Å². The summed E-state index contributed by atoms with van der Waals surface area (Å²) in [5, 5.41) is 3.50. The summed E-state index contributed by atoms with van der Waals surface area (Å²) < 4.78 is 24.5. The molecule has 1 aliphatic heterocycles. The Hall–Kier alpha value is -1.69. The third kappa shape index (κ3) is 4.23. The Morgan fingerprint density at radius 2 is 1.96 bits per heavy atom. The van der Waals surface area contributed by atoms with Crippen LogP contribution in [-0.4, -0.2) is 37.7 Å². The molecular weight excluding hydrogens is 307 g/mol. The number of hydrogen-bond donors (Lipinski definition) is 1. The molecule has 1 aromatic heterocycles. The first kappa shape index (κ1) is 17.1. The van der Waals surface area contributed by atoms with Crippen molar-refractivity contribution in [3.63, 3.8) is 0 Å². The van der Waals surface area contributed by atoms with Crippen LogP contribution in [0.5, 0.6) is 0 Å². The molecule has 0 aliphatic carbocycles. The van der Waals surface area contributed by atoms with Gasteiger partial charge in [0.05, 0.1) is 19.3 Å². The van der Waals surface area contributed by atoms with Gasteiger partial charge in [0.1, 0.15) is 17.3 Å². The molecule has 130 valence electrons. The van der Waals surface area contributed by atoms with Crippen molar-refractivity contribution in [2.75, 3.05) is 32.8 Å². The van der Waals surface area contributed by atoms with E-state index in [9.17, 15) is 4.39 Å². The minimum Gasteiger partial charge on any atom is -0.465 e. The van der Waals surface area contributed by atoms with E-state index >= 15 is 0 Å². The first-order chi connectivity index (χ1) is 11.6. The molecule has 24 heavy (non-hydrogen) atoms. The van der Waals surface area contributed by atoms with Crippen LogP contribution in [0.1, 0.15) is 28.7 Å². The first-order valence-corrected chi connectivity index (χ1v) is 8.47. The molecule has 0 radical (unpaired) electrons. The molecule has 2 heterocycles. The number of furan rings is 1. The second-order valence-corrected chi connectivity index (χ2v) is 6.31. The first-order valence-electron chi connectivity index (χ1n) is 8.47. The van der Waals surface area contributed by atoms with Gasteiger partial charge in [-0.15, -0.1) is 0 Å². The highest BCUT2D eigenvalue weighted by Gasteiger charge is 2.24. The van der Waals surface area contributed by atoms with Crippen molar-refractivity contribution in [1.82, 2.24) is 10.2 Å². The number of hydrogen-bond acceptors (Lipinski definition) is 4. The van der Waals surface area contributed by atoms with Crippen LogP contribution < -0.4 is 5.32 Å². The molecular formula is C19H25FN2O2. The van der Waals surface area contributed by atoms with Crippen LogP contribution in [0.3, 0.4) is 0 Å². The van der Waals surface area contributed by atoms with Crippen LogP contribution in [0.2, 0.25) is 0 Å². The van der Waals surface area contributed by atoms with E-state index in [1.807, 2.05) is 26.0 Å². The molecule has 1 saturated heterocycles. The summed E-state index contributed by atoms with van der Waals surface area (Å²) in [5.41, 5.74) is 2.09. The lowest BCUT2D eigenvalue weighted by Crippen LogP contribution is -2.42. The zero-order chi connectivity index (χ0) is 16.9. The Morgan fingerprint density at radius 3 is 2.62 bits per heavy atom. The van der Waals surface area contributed by atoms with E-state index < -0.39 is 0 Å². The van der Waals surface area contributed by atoms with Gasteiger partial charge in [-0.3, -0.25) is 4.90 Å². The maximum atomic E-state index is 13.2. The summed E-state index contributed by atoms with van der Waals surface area (Å²) in [6.07, 6.45) is 0. The fraction of sp³-hybridized carbons (Fsp3) is 0.474. The number of nitrogens with one attached hydrogen (secondary N) is 1. The monoisotopic (exact) mass is 332 g/mol. The van der Waals surface area contributed by atoms with E-state index in [2.05, 4.69) is 16.3 Å². The highest BCUT2D eigenvalue weighted by molar-refractivity contribution is 5.26. The summed E-state index contributed by atoms with van der Waals surface area (Å²) in [6, 6.07) is 9.18. The topological polar surface area (TPSA) is 37.6 Å². The van der Waals surface area contributed by atoms with Crippen molar-refractivity contribution in [1.29, 1.82) is 0 Å². The molecule has 0 saturated carbocycles. The maximum absolute atomic E-state index is 13.2. The summed E-state index contributed by atoms with van der Waals surface area (Å²) >= 11 is 0. The summed E-state index contributed by atoms with van der Waals surface area (Å²) in [6.45, 7) is 8.73. The number of ether oxygens (including phenoxy) is 1. The molecule has 1 atom stereocenters. The van der Waals surface area contributed by atoms with Crippen LogP contribution in [-0.2, 0) is 11.3 Å². The number of halogens is 1. The third-order valence-corrected chi connectivity index (χ3v) is 4.53. The molecule has 4 nitrogen and oxygen atoms in total. The molecule has 1 aromatic carbocycles. The van der Waals surface area contributed by atoms with Crippen LogP contribution in [0.25, 0.3) is 0 Å². The van der Waals surface area contributed by atoms with E-state index in [-0.39, 0.29) is 11.9 Å². The Morgan fingerprint density at radius 1 is 1.17 bits per heavy atom. The Balaban J connectivity index is 1.65. The van der Waals surface area contributed by atoms with Gasteiger partial charge >= 0.3 is 0 Å². The standard InChI is InChI=1S/C19H25FN2O2/c1-14-11-17(20)5-4-16(14)12-21-13-18(19-6-3-15(2)24-19)22-7-9-23-10-8-22/h3-6,11,18,21H,7-10,12-13H2,1-2H3. The molecule has 1 N–H and O–H groups in total. The van der Waals surface area contributed by atoms with Crippen molar-refractivity contribution in [3.8, 4) is 0 Å². The van der Waals surface area contributed by atoms with Gasteiger partial charge in [-0.25, -0.2) is 4.39 Å². The lowest BCUT2D eigenvalue weighted by Gasteiger charge is -2.33. The molecule has 0 amide bonds. The van der Waals surface area contributed by atoms with Crippen LogP contribution in [0.4, 0.5) is 4.39 Å². The smallest absolute Gasteiger partial charge is 0.123 e. The van der Waals surface area contributed by atoms with Gasteiger partial charge in [0.15, 0.2) is 0 Å². The summed E-state index contributed by atoms with van der Waals surface area (Å²) in [4.78, 5) is 2.40. The third-order valence-electron chi connectivity index (χ3n) is 4.53. The molecule has 0 bridgehead atoms. The van der Waals surface area contributed by atoms with Gasteiger partial charge in [-0.2, -0.15) is 0 Å². The lowest BCUT2D eigenvalue weighted by molar-refractivity contribution is 0.0115. The Kier molecular flexibility index (Phi) is 5.66. The maximum Gasteiger partial charge on any atom is 0.123 e. The second kappa shape index (κ2) is 7.92. The van der Waals surface area contributed by atoms with E-state index in [1.54, 1.807) is 6.07 Å². The highest BCUT2D eigenvalue weighted by atomic mass is 19.1. The van der Waals surface area contributed by atoms with Gasteiger partial charge in [-0.1, -0.05) is 6.07 Å². The van der Waals surface area contributed by atoms with E-state index in [1.165, 1.54) is 6.07 Å². The van der Waals surface area contributed by atoms with E-state index in [0.29, 0.717) is 6.54 Å². The zero-order valence-electron chi connectivity index (χ0n) is 14.3.